The maximum atomic E-state index is 12.5. The first-order valence-corrected chi connectivity index (χ1v) is 12.5. The first kappa shape index (κ1) is 24.5. The van der Waals surface area contributed by atoms with Gasteiger partial charge in [-0.1, -0.05) is 42.5 Å². The summed E-state index contributed by atoms with van der Waals surface area (Å²) in [5.74, 6) is 0.646. The summed E-state index contributed by atoms with van der Waals surface area (Å²) in [5, 5.41) is 11.9. The Hall–Kier alpha value is -5.88. The number of nitrogens with two attached hydrogens (primary N) is 1. The van der Waals surface area contributed by atoms with Crippen molar-refractivity contribution in [3.8, 4) is 34.4 Å². The smallest absolute Gasteiger partial charge is 0.270 e. The molecule has 0 spiro atoms. The summed E-state index contributed by atoms with van der Waals surface area (Å²) < 4.78 is 1.97. The first-order chi connectivity index (χ1) is 19.6. The fourth-order valence-corrected chi connectivity index (χ4v) is 4.42. The summed E-state index contributed by atoms with van der Waals surface area (Å²) in [6, 6.07) is 30.4. The van der Waals surface area contributed by atoms with Gasteiger partial charge >= 0.3 is 0 Å². The third-order valence-electron chi connectivity index (χ3n) is 6.42. The fraction of sp³-hybridized carbons (Fsp3) is 0.0323. The molecule has 0 aliphatic heterocycles. The maximum Gasteiger partial charge on any atom is 0.270 e. The van der Waals surface area contributed by atoms with Crippen LogP contribution in [0, 0.1) is 11.3 Å². The molecule has 4 heterocycles. The molecule has 40 heavy (non-hydrogen) atoms. The molecule has 0 unspecified atom stereocenters. The first-order valence-electron chi connectivity index (χ1n) is 12.5. The van der Waals surface area contributed by atoms with Crippen LogP contribution in [-0.4, -0.2) is 30.4 Å². The van der Waals surface area contributed by atoms with Crippen LogP contribution in [0.1, 0.15) is 21.6 Å². The van der Waals surface area contributed by atoms with Gasteiger partial charge < -0.3 is 11.1 Å². The normalized spacial score (nSPS) is 10.8. The molecule has 0 aliphatic carbocycles. The highest BCUT2D eigenvalue weighted by Crippen LogP contribution is 2.31. The molecule has 0 aliphatic rings. The molecule has 9 nitrogen and oxygen atoms in total. The van der Waals surface area contributed by atoms with Crippen molar-refractivity contribution in [1.82, 2.24) is 29.8 Å². The van der Waals surface area contributed by atoms with Gasteiger partial charge in [0.1, 0.15) is 17.0 Å². The van der Waals surface area contributed by atoms with Gasteiger partial charge in [0.2, 0.25) is 0 Å². The highest BCUT2D eigenvalue weighted by Gasteiger charge is 2.19. The summed E-state index contributed by atoms with van der Waals surface area (Å²) >= 11 is 0. The van der Waals surface area contributed by atoms with Crippen molar-refractivity contribution in [2.45, 2.75) is 6.54 Å². The fourth-order valence-electron chi connectivity index (χ4n) is 4.42. The molecule has 0 atom stereocenters. The summed E-state index contributed by atoms with van der Waals surface area (Å²) in [4.78, 5) is 30.7. The molecular formula is C31H22N8O. The van der Waals surface area contributed by atoms with Gasteiger partial charge in [-0.3, -0.25) is 14.3 Å². The number of hydrogen-bond donors (Lipinski definition) is 2. The van der Waals surface area contributed by atoms with Gasteiger partial charge in [0.05, 0.1) is 22.9 Å². The molecule has 6 aromatic rings. The van der Waals surface area contributed by atoms with E-state index in [1.54, 1.807) is 12.3 Å². The van der Waals surface area contributed by atoms with Crippen LogP contribution in [0.25, 0.3) is 39.5 Å². The number of nitrogen functional groups attached to an aromatic ring is 1. The summed E-state index contributed by atoms with van der Waals surface area (Å²) in [7, 11) is 0. The summed E-state index contributed by atoms with van der Waals surface area (Å²) in [6.07, 6.45) is 3.09. The number of hydrogen-bond acceptors (Lipinski definition) is 7. The number of anilines is 1. The van der Waals surface area contributed by atoms with Crippen LogP contribution in [-0.2, 0) is 6.54 Å². The Morgan fingerprint density at radius 1 is 0.900 bits per heavy atom. The molecule has 4 aromatic heterocycles. The summed E-state index contributed by atoms with van der Waals surface area (Å²) in [5.41, 5.74) is 12.5. The Labute approximate surface area is 229 Å². The molecule has 192 valence electrons. The minimum atomic E-state index is -0.353. The molecule has 9 heteroatoms. The maximum absolute atomic E-state index is 12.5. The number of aromatic nitrogens is 5. The van der Waals surface area contributed by atoms with Gasteiger partial charge in [0.15, 0.2) is 11.5 Å². The zero-order valence-corrected chi connectivity index (χ0v) is 21.2. The second-order valence-electron chi connectivity index (χ2n) is 9.00. The Morgan fingerprint density at radius 2 is 1.73 bits per heavy atom. The van der Waals surface area contributed by atoms with Gasteiger partial charge in [0, 0.05) is 30.2 Å². The van der Waals surface area contributed by atoms with E-state index < -0.39 is 0 Å². The number of carbonyl (C=O) groups is 1. The SMILES string of the molecule is N#Cc1ccnc(C(=O)NCc2ccc(-n3c(-c4cccnc4N)nc4ccc(-c5ccccc5)nc43)cc2)c1. The lowest BCUT2D eigenvalue weighted by atomic mass is 10.1. The zero-order chi connectivity index (χ0) is 27.5. The van der Waals surface area contributed by atoms with Crippen LogP contribution < -0.4 is 11.1 Å². The van der Waals surface area contributed by atoms with Gasteiger partial charge in [-0.2, -0.15) is 5.26 Å². The number of benzene rings is 2. The predicted octanol–water partition coefficient (Wildman–Crippen LogP) is 4.93. The number of pyridine rings is 3. The van der Waals surface area contributed by atoms with E-state index >= 15 is 0 Å². The lowest BCUT2D eigenvalue weighted by molar-refractivity contribution is 0.0946. The van der Waals surface area contributed by atoms with Gasteiger partial charge in [-0.15, -0.1) is 0 Å². The van der Waals surface area contributed by atoms with Crippen LogP contribution in [0.4, 0.5) is 5.82 Å². The highest BCUT2D eigenvalue weighted by molar-refractivity contribution is 5.92. The van der Waals surface area contributed by atoms with E-state index in [1.807, 2.05) is 89.5 Å². The van der Waals surface area contributed by atoms with Crippen molar-refractivity contribution in [3.05, 3.63) is 120 Å². The van der Waals surface area contributed by atoms with Crippen molar-refractivity contribution in [3.63, 3.8) is 0 Å². The predicted molar refractivity (Wildman–Crippen MR) is 152 cm³/mol. The van der Waals surface area contributed by atoms with E-state index in [0.29, 0.717) is 35.0 Å². The Kier molecular flexibility index (Phi) is 6.40. The quantitative estimate of drug-likeness (QED) is 0.317. The molecule has 1 amide bonds. The average Bonchev–Trinajstić information content (AvgIpc) is 3.39. The van der Waals surface area contributed by atoms with Gasteiger partial charge in [0.25, 0.3) is 5.91 Å². The number of nitrogens with one attached hydrogen (secondary N) is 1. The van der Waals surface area contributed by atoms with E-state index in [0.717, 1.165) is 28.0 Å². The van der Waals surface area contributed by atoms with Crippen LogP contribution in [0.5, 0.6) is 0 Å². The third-order valence-corrected chi connectivity index (χ3v) is 6.42. The van der Waals surface area contributed by atoms with E-state index in [-0.39, 0.29) is 11.6 Å². The van der Waals surface area contributed by atoms with Crippen LogP contribution in [0.3, 0.4) is 0 Å². The molecule has 0 saturated carbocycles. The zero-order valence-electron chi connectivity index (χ0n) is 21.2. The number of amides is 1. The number of fused-ring (bicyclic) bond motifs is 1. The lowest BCUT2D eigenvalue weighted by Crippen LogP contribution is -2.23. The standard InChI is InChI=1S/C31H22N8O/c32-18-21-14-16-34-27(17-21)31(40)36-19-20-8-10-23(11-9-20)39-29(24-7-4-15-35-28(24)33)38-26-13-12-25(37-30(26)39)22-5-2-1-3-6-22/h1-17H,19H2,(H2,33,35)(H,36,40). The number of imidazole rings is 1. The average molecular weight is 523 g/mol. The molecule has 0 fully saturated rings. The second kappa shape index (κ2) is 10.5. The number of carbonyl (C=O) groups excluding carboxylic acids is 1. The van der Waals surface area contributed by atoms with E-state index in [9.17, 15) is 4.79 Å². The largest absolute Gasteiger partial charge is 0.383 e. The van der Waals surface area contributed by atoms with Crippen molar-refractivity contribution in [2.75, 3.05) is 5.73 Å². The van der Waals surface area contributed by atoms with Crippen LogP contribution in [0.15, 0.2) is 103 Å². The highest BCUT2D eigenvalue weighted by atomic mass is 16.1. The number of rotatable bonds is 6. The number of nitrogens with zero attached hydrogens (tertiary/aromatic N) is 6. The molecule has 0 bridgehead atoms. The van der Waals surface area contributed by atoms with Crippen molar-refractivity contribution in [2.24, 2.45) is 0 Å². The van der Waals surface area contributed by atoms with Crippen LogP contribution >= 0.6 is 0 Å². The minimum absolute atomic E-state index is 0.194. The lowest BCUT2D eigenvalue weighted by Gasteiger charge is -2.12. The number of nitriles is 1. The van der Waals surface area contributed by atoms with Crippen molar-refractivity contribution < 1.29 is 4.79 Å². The minimum Gasteiger partial charge on any atom is -0.383 e. The van der Waals surface area contributed by atoms with Gasteiger partial charge in [-0.25, -0.2) is 15.0 Å². The molecule has 6 rings (SSSR count). The van der Waals surface area contributed by atoms with E-state index in [2.05, 4.69) is 15.3 Å². The molecule has 3 N–H and O–H groups in total. The summed E-state index contributed by atoms with van der Waals surface area (Å²) in [6.45, 7) is 0.293. The Balaban J connectivity index is 1.36. The molecule has 0 radical (unpaired) electrons. The van der Waals surface area contributed by atoms with E-state index in [4.69, 9.17) is 21.0 Å². The third kappa shape index (κ3) is 4.73. The van der Waals surface area contributed by atoms with Crippen molar-refractivity contribution in [1.29, 1.82) is 5.26 Å². The topological polar surface area (TPSA) is 135 Å². The molecule has 2 aromatic carbocycles. The van der Waals surface area contributed by atoms with E-state index in [1.165, 1.54) is 12.3 Å². The van der Waals surface area contributed by atoms with Crippen molar-refractivity contribution >= 4 is 22.9 Å². The Morgan fingerprint density at radius 3 is 2.50 bits per heavy atom. The van der Waals surface area contributed by atoms with Gasteiger partial charge in [-0.05, 0) is 54.1 Å². The monoisotopic (exact) mass is 522 g/mol. The Bertz CT molecular complexity index is 1890. The molecular weight excluding hydrogens is 500 g/mol. The van der Waals surface area contributed by atoms with Crippen LogP contribution in [0.2, 0.25) is 0 Å². The molecule has 0 saturated heterocycles. The second-order valence-corrected chi connectivity index (χ2v) is 9.00.